The molecule has 4 aromatic rings. The van der Waals surface area contributed by atoms with Crippen molar-refractivity contribution in [1.29, 1.82) is 0 Å². The Morgan fingerprint density at radius 1 is 0.932 bits per heavy atom. The molecule has 0 N–H and O–H groups in total. The van der Waals surface area contributed by atoms with Crippen LogP contribution in [0.5, 0.6) is 11.5 Å². The molecule has 0 aliphatic heterocycles. The van der Waals surface area contributed by atoms with E-state index in [1.54, 1.807) is 38.1 Å². The summed E-state index contributed by atoms with van der Waals surface area (Å²) < 4.78 is 51.6. The van der Waals surface area contributed by atoms with Gasteiger partial charge in [0.15, 0.2) is 17.4 Å². The lowest BCUT2D eigenvalue weighted by Gasteiger charge is -2.23. The van der Waals surface area contributed by atoms with Gasteiger partial charge in [0.05, 0.1) is 48.5 Å². The highest BCUT2D eigenvalue weighted by molar-refractivity contribution is 7.90. The standard InChI is InChI=1S/C31H30N2O10S/c1-6-42-30(34)28(31(35)43-7-2)26-20-15-24(40-4)25(41-5)16-21(20)29-27(26)22-14-18(33(36)37)10-13-23(22)32(29)44(38,39)19-11-8-17(3)9-12-19/h8-16,26,28H,6-7H2,1-5H3. The van der Waals surface area contributed by atoms with Crippen LogP contribution < -0.4 is 9.47 Å². The third-order valence-electron chi connectivity index (χ3n) is 7.59. The number of carbonyl (C=O) groups is 2. The maximum Gasteiger partial charge on any atom is 0.321 e. The first-order valence-electron chi connectivity index (χ1n) is 13.7. The lowest BCUT2D eigenvalue weighted by Crippen LogP contribution is -2.33. The van der Waals surface area contributed by atoms with Crippen LogP contribution in [0.25, 0.3) is 22.2 Å². The van der Waals surface area contributed by atoms with Gasteiger partial charge in [-0.05, 0) is 62.2 Å². The van der Waals surface area contributed by atoms with Crippen molar-refractivity contribution in [1.82, 2.24) is 3.97 Å². The molecule has 1 heterocycles. The molecule has 230 valence electrons. The zero-order chi connectivity index (χ0) is 31.9. The zero-order valence-corrected chi connectivity index (χ0v) is 25.5. The van der Waals surface area contributed by atoms with Crippen molar-refractivity contribution in [2.45, 2.75) is 31.6 Å². The van der Waals surface area contributed by atoms with E-state index in [0.29, 0.717) is 11.1 Å². The van der Waals surface area contributed by atoms with Gasteiger partial charge in [-0.25, -0.2) is 12.4 Å². The fourth-order valence-electron chi connectivity index (χ4n) is 5.71. The number of benzene rings is 3. The maximum absolute atomic E-state index is 14.4. The monoisotopic (exact) mass is 622 g/mol. The smallest absolute Gasteiger partial charge is 0.321 e. The van der Waals surface area contributed by atoms with E-state index < -0.39 is 38.7 Å². The van der Waals surface area contributed by atoms with Crippen LogP contribution in [0.2, 0.25) is 0 Å². The summed E-state index contributed by atoms with van der Waals surface area (Å²) >= 11 is 0. The first-order chi connectivity index (χ1) is 21.0. The Morgan fingerprint density at radius 3 is 2.07 bits per heavy atom. The van der Waals surface area contributed by atoms with Crippen molar-refractivity contribution in [3.05, 3.63) is 81.4 Å². The number of nitro groups is 1. The molecule has 5 rings (SSSR count). The van der Waals surface area contributed by atoms with Crippen molar-refractivity contribution in [3.8, 4) is 22.8 Å². The number of non-ortho nitro benzene ring substituents is 1. The normalized spacial score (nSPS) is 13.8. The Kier molecular flexibility index (Phi) is 8.08. The lowest BCUT2D eigenvalue weighted by atomic mass is 9.83. The van der Waals surface area contributed by atoms with Gasteiger partial charge in [-0.3, -0.25) is 19.7 Å². The molecule has 0 spiro atoms. The molecule has 0 saturated carbocycles. The molecule has 1 aliphatic rings. The van der Waals surface area contributed by atoms with Crippen molar-refractivity contribution in [2.24, 2.45) is 5.92 Å². The van der Waals surface area contributed by atoms with Gasteiger partial charge in [0.2, 0.25) is 0 Å². The molecule has 0 radical (unpaired) electrons. The quantitative estimate of drug-likeness (QED) is 0.103. The van der Waals surface area contributed by atoms with Gasteiger partial charge in [-0.1, -0.05) is 17.7 Å². The molecule has 13 heteroatoms. The second kappa shape index (κ2) is 11.6. The van der Waals surface area contributed by atoms with Gasteiger partial charge >= 0.3 is 11.9 Å². The minimum absolute atomic E-state index is 0.0287. The van der Waals surface area contributed by atoms with Crippen LogP contribution in [0.1, 0.15) is 36.5 Å². The number of fused-ring (bicyclic) bond motifs is 5. The fourth-order valence-corrected chi connectivity index (χ4v) is 7.26. The molecule has 44 heavy (non-hydrogen) atoms. The Labute approximate surface area is 253 Å². The average molecular weight is 623 g/mol. The summed E-state index contributed by atoms with van der Waals surface area (Å²) in [7, 11) is -1.51. The number of aromatic nitrogens is 1. The van der Waals surface area contributed by atoms with Crippen LogP contribution in [-0.4, -0.2) is 56.7 Å². The van der Waals surface area contributed by atoms with Crippen molar-refractivity contribution >= 4 is 38.6 Å². The van der Waals surface area contributed by atoms with Gasteiger partial charge in [-0.2, -0.15) is 0 Å². The SMILES string of the molecule is CCOC(=O)C(C(=O)OCC)C1c2cc(OC)c(OC)cc2-c2c1c1cc([N+](=O)[O-])ccc1n2S(=O)(=O)c1ccc(C)cc1. The predicted molar refractivity (Wildman–Crippen MR) is 159 cm³/mol. The maximum atomic E-state index is 14.4. The van der Waals surface area contributed by atoms with Gasteiger partial charge in [-0.15, -0.1) is 0 Å². The van der Waals surface area contributed by atoms with Crippen LogP contribution in [-0.2, 0) is 29.1 Å². The zero-order valence-electron chi connectivity index (χ0n) is 24.7. The molecular weight excluding hydrogens is 592 g/mol. The first kappa shape index (κ1) is 30.5. The molecule has 12 nitrogen and oxygen atoms in total. The molecule has 1 unspecified atom stereocenters. The molecule has 1 aliphatic carbocycles. The van der Waals surface area contributed by atoms with Crippen LogP contribution in [0.3, 0.4) is 0 Å². The Balaban J connectivity index is 1.97. The highest BCUT2D eigenvalue weighted by Gasteiger charge is 2.49. The number of rotatable bonds is 10. The average Bonchev–Trinajstić information content (AvgIpc) is 3.49. The summed E-state index contributed by atoms with van der Waals surface area (Å²) in [5.41, 5.74) is 1.69. The van der Waals surface area contributed by atoms with Gasteiger partial charge in [0, 0.05) is 29.0 Å². The van der Waals surface area contributed by atoms with E-state index in [9.17, 15) is 28.1 Å². The number of carbonyl (C=O) groups excluding carboxylic acids is 2. The summed E-state index contributed by atoms with van der Waals surface area (Å²) in [6.45, 7) is 4.92. The minimum atomic E-state index is -4.34. The highest BCUT2D eigenvalue weighted by Crippen LogP contribution is 2.56. The summed E-state index contributed by atoms with van der Waals surface area (Å²) in [5.74, 6) is -3.99. The van der Waals surface area contributed by atoms with E-state index in [1.807, 2.05) is 6.92 Å². The molecule has 0 saturated heterocycles. The lowest BCUT2D eigenvalue weighted by molar-refractivity contribution is -0.384. The van der Waals surface area contributed by atoms with E-state index >= 15 is 0 Å². The molecule has 0 fully saturated rings. The molecule has 0 bridgehead atoms. The van der Waals surface area contributed by atoms with Crippen LogP contribution >= 0.6 is 0 Å². The molecule has 1 atom stereocenters. The van der Waals surface area contributed by atoms with Gasteiger partial charge in [0.25, 0.3) is 15.7 Å². The summed E-state index contributed by atoms with van der Waals surface area (Å²) in [6.07, 6.45) is 0. The van der Waals surface area contributed by atoms with Gasteiger partial charge < -0.3 is 18.9 Å². The number of nitro benzene ring substituents is 1. The number of esters is 2. The van der Waals surface area contributed by atoms with Crippen LogP contribution in [0.15, 0.2) is 59.5 Å². The second-order valence-corrected chi connectivity index (χ2v) is 11.8. The van der Waals surface area contributed by atoms with Crippen molar-refractivity contribution in [3.63, 3.8) is 0 Å². The van der Waals surface area contributed by atoms with Crippen LogP contribution in [0, 0.1) is 23.0 Å². The largest absolute Gasteiger partial charge is 0.493 e. The topological polar surface area (TPSA) is 153 Å². The third kappa shape index (κ3) is 4.82. The van der Waals surface area contributed by atoms with E-state index in [-0.39, 0.29) is 57.5 Å². The second-order valence-electron chi connectivity index (χ2n) is 10.1. The van der Waals surface area contributed by atoms with Crippen LogP contribution in [0.4, 0.5) is 5.69 Å². The first-order valence-corrected chi connectivity index (χ1v) is 15.2. The van der Waals surface area contributed by atoms with E-state index in [4.69, 9.17) is 18.9 Å². The molecule has 1 aromatic heterocycles. The fraction of sp³-hybridized carbons (Fsp3) is 0.290. The minimum Gasteiger partial charge on any atom is -0.493 e. The van der Waals surface area contributed by atoms with E-state index in [0.717, 1.165) is 9.54 Å². The summed E-state index contributed by atoms with van der Waals surface area (Å²) in [4.78, 5) is 38.3. The Morgan fingerprint density at radius 2 is 1.52 bits per heavy atom. The Hall–Kier alpha value is -4.91. The van der Waals surface area contributed by atoms with Gasteiger partial charge in [0.1, 0.15) is 0 Å². The van der Waals surface area contributed by atoms with E-state index in [2.05, 4.69) is 0 Å². The number of ether oxygens (including phenoxy) is 4. The molecule has 3 aromatic carbocycles. The Bertz CT molecular complexity index is 1890. The van der Waals surface area contributed by atoms with Crippen molar-refractivity contribution < 1.29 is 41.9 Å². The number of methoxy groups -OCH3 is 2. The van der Waals surface area contributed by atoms with Crippen molar-refractivity contribution in [2.75, 3.05) is 27.4 Å². The summed E-state index contributed by atoms with van der Waals surface area (Å²) in [6, 6.07) is 13.2. The number of nitrogens with zero attached hydrogens (tertiary/aromatic N) is 2. The highest BCUT2D eigenvalue weighted by atomic mass is 32.2. The predicted octanol–water partition coefficient (Wildman–Crippen LogP) is 4.97. The molecular formula is C31H30N2O10S. The molecule has 0 amide bonds. The number of aryl methyl sites for hydroxylation is 1. The van der Waals surface area contributed by atoms with E-state index in [1.165, 1.54) is 44.6 Å². The third-order valence-corrected chi connectivity index (χ3v) is 9.32. The number of hydrogen-bond acceptors (Lipinski definition) is 10. The summed E-state index contributed by atoms with van der Waals surface area (Å²) in [5, 5.41) is 12.1. The number of hydrogen-bond donors (Lipinski definition) is 0.